The molecule has 0 fully saturated rings. The molecule has 0 aliphatic heterocycles. The van der Waals surface area contributed by atoms with E-state index < -0.39 is 10.8 Å². The van der Waals surface area contributed by atoms with Gasteiger partial charge in [0.2, 0.25) is 0 Å². The Morgan fingerprint density at radius 3 is 2.68 bits per heavy atom. The van der Waals surface area contributed by atoms with Crippen molar-refractivity contribution in [2.24, 2.45) is 0 Å². The van der Waals surface area contributed by atoms with Crippen LogP contribution in [0.2, 0.25) is 0 Å². The van der Waals surface area contributed by atoms with Gasteiger partial charge < -0.3 is 0 Å². The van der Waals surface area contributed by atoms with E-state index in [-0.39, 0.29) is 0 Å². The topological polar surface area (TPSA) is 47.8 Å². The second-order valence-corrected chi connectivity index (χ2v) is 7.33. The Bertz CT molecular complexity index is 748. The minimum atomic E-state index is -0.932. The predicted octanol–water partition coefficient (Wildman–Crippen LogP) is 3.34. The van der Waals surface area contributed by atoms with E-state index in [1.54, 1.807) is 17.5 Å². The van der Waals surface area contributed by atoms with Crippen LogP contribution >= 0.6 is 11.3 Å². The van der Waals surface area contributed by atoms with Gasteiger partial charge in [0.1, 0.15) is 0 Å². The molecule has 0 radical (unpaired) electrons. The number of thiazole rings is 1. The zero-order valence-corrected chi connectivity index (χ0v) is 13.9. The van der Waals surface area contributed by atoms with E-state index in [0.717, 1.165) is 28.4 Å². The van der Waals surface area contributed by atoms with Gasteiger partial charge in [-0.15, -0.1) is 11.3 Å². The molecule has 0 N–H and O–H groups in total. The summed E-state index contributed by atoms with van der Waals surface area (Å²) < 4.78 is 14.1. The molecule has 0 aliphatic rings. The highest BCUT2D eigenvalue weighted by Crippen LogP contribution is 2.15. The number of aryl methyl sites for hydroxylation is 1. The highest BCUT2D eigenvalue weighted by Gasteiger charge is 2.07. The van der Waals surface area contributed by atoms with E-state index in [1.165, 1.54) is 0 Å². The third-order valence-electron chi connectivity index (χ3n) is 3.24. The summed E-state index contributed by atoms with van der Waals surface area (Å²) in [6, 6.07) is 9.90. The van der Waals surface area contributed by atoms with Gasteiger partial charge in [0.25, 0.3) is 0 Å². The SMILES string of the molecule is CCc1nc(C[S@](=O)Cc2ccc(-n3cccn3)cc2)cs1. The fourth-order valence-corrected chi connectivity index (χ4v) is 4.14. The molecule has 0 saturated heterocycles. The molecule has 6 heteroatoms. The molecular formula is C16H17N3OS2. The second kappa shape index (κ2) is 6.98. The molecule has 3 rings (SSSR count). The summed E-state index contributed by atoms with van der Waals surface area (Å²) in [5.41, 5.74) is 3.01. The summed E-state index contributed by atoms with van der Waals surface area (Å²) in [4.78, 5) is 4.47. The molecule has 2 aromatic heterocycles. The van der Waals surface area contributed by atoms with Crippen LogP contribution in [-0.2, 0) is 28.7 Å². The van der Waals surface area contributed by atoms with Gasteiger partial charge in [-0.05, 0) is 30.2 Å². The first kappa shape index (κ1) is 15.1. The largest absolute Gasteiger partial charge is 0.259 e. The molecule has 0 amide bonds. The van der Waals surface area contributed by atoms with Gasteiger partial charge >= 0.3 is 0 Å². The van der Waals surface area contributed by atoms with E-state index in [0.29, 0.717) is 11.5 Å². The number of hydrogen-bond donors (Lipinski definition) is 0. The maximum Gasteiger partial charge on any atom is 0.0925 e. The first-order valence-corrected chi connectivity index (χ1v) is 9.48. The molecule has 114 valence electrons. The van der Waals surface area contributed by atoms with Crippen molar-refractivity contribution >= 4 is 22.1 Å². The summed E-state index contributed by atoms with van der Waals surface area (Å²) in [5, 5.41) is 7.31. The maximum atomic E-state index is 12.3. The van der Waals surface area contributed by atoms with E-state index in [4.69, 9.17) is 0 Å². The first-order valence-electron chi connectivity index (χ1n) is 7.12. The molecule has 0 bridgehead atoms. The fraction of sp³-hybridized carbons (Fsp3) is 0.250. The number of rotatable bonds is 6. The molecule has 3 aromatic rings. The smallest absolute Gasteiger partial charge is 0.0925 e. The van der Waals surface area contributed by atoms with Crippen LogP contribution in [0.4, 0.5) is 0 Å². The van der Waals surface area contributed by atoms with Crippen molar-refractivity contribution < 1.29 is 4.21 Å². The molecule has 0 unspecified atom stereocenters. The summed E-state index contributed by atoms with van der Waals surface area (Å²) >= 11 is 1.64. The maximum absolute atomic E-state index is 12.3. The van der Waals surface area contributed by atoms with Crippen LogP contribution in [0.5, 0.6) is 0 Å². The molecule has 0 saturated carbocycles. The lowest BCUT2D eigenvalue weighted by atomic mass is 10.2. The highest BCUT2D eigenvalue weighted by atomic mass is 32.2. The van der Waals surface area contributed by atoms with Crippen molar-refractivity contribution in [1.29, 1.82) is 0 Å². The van der Waals surface area contributed by atoms with Gasteiger partial charge in [0.15, 0.2) is 0 Å². The zero-order chi connectivity index (χ0) is 15.4. The van der Waals surface area contributed by atoms with Gasteiger partial charge in [0, 0.05) is 34.3 Å². The van der Waals surface area contributed by atoms with Crippen molar-refractivity contribution in [3.63, 3.8) is 0 Å². The Balaban J connectivity index is 1.61. The molecule has 0 aliphatic carbocycles. The van der Waals surface area contributed by atoms with Gasteiger partial charge in [-0.2, -0.15) is 5.10 Å². The lowest BCUT2D eigenvalue weighted by molar-refractivity contribution is 0.681. The molecule has 22 heavy (non-hydrogen) atoms. The van der Waals surface area contributed by atoms with Crippen molar-refractivity contribution in [1.82, 2.24) is 14.8 Å². The third kappa shape index (κ3) is 3.69. The van der Waals surface area contributed by atoms with Crippen LogP contribution in [0.3, 0.4) is 0 Å². The molecular weight excluding hydrogens is 314 g/mol. The van der Waals surface area contributed by atoms with Crippen LogP contribution in [0.25, 0.3) is 5.69 Å². The van der Waals surface area contributed by atoms with Gasteiger partial charge in [-0.3, -0.25) is 4.21 Å². The van der Waals surface area contributed by atoms with Crippen LogP contribution in [-0.4, -0.2) is 19.0 Å². The molecule has 1 aromatic carbocycles. The summed E-state index contributed by atoms with van der Waals surface area (Å²) in [6.45, 7) is 2.08. The van der Waals surface area contributed by atoms with Gasteiger partial charge in [-0.1, -0.05) is 19.1 Å². The average Bonchev–Trinajstić information content (AvgIpc) is 3.19. The Morgan fingerprint density at radius 2 is 2.05 bits per heavy atom. The average molecular weight is 331 g/mol. The second-order valence-electron chi connectivity index (χ2n) is 4.93. The van der Waals surface area contributed by atoms with Gasteiger partial charge in [-0.25, -0.2) is 9.67 Å². The lowest BCUT2D eigenvalue weighted by Gasteiger charge is -2.04. The quantitative estimate of drug-likeness (QED) is 0.696. The highest BCUT2D eigenvalue weighted by molar-refractivity contribution is 7.83. The van der Waals surface area contributed by atoms with Gasteiger partial charge in [0.05, 0.1) is 22.1 Å². The molecule has 4 nitrogen and oxygen atoms in total. The summed E-state index contributed by atoms with van der Waals surface area (Å²) in [7, 11) is -0.932. The zero-order valence-electron chi connectivity index (χ0n) is 12.3. The Kier molecular flexibility index (Phi) is 4.80. The van der Waals surface area contributed by atoms with Crippen LogP contribution in [0, 0.1) is 0 Å². The van der Waals surface area contributed by atoms with Crippen molar-refractivity contribution in [3.05, 3.63) is 64.4 Å². The number of nitrogens with zero attached hydrogens (tertiary/aromatic N) is 3. The summed E-state index contributed by atoms with van der Waals surface area (Å²) in [6.07, 6.45) is 4.59. The fourth-order valence-electron chi connectivity index (χ4n) is 2.15. The van der Waals surface area contributed by atoms with Crippen molar-refractivity contribution in [2.75, 3.05) is 0 Å². The van der Waals surface area contributed by atoms with E-state index in [1.807, 2.05) is 46.6 Å². The normalized spacial score (nSPS) is 12.4. The Labute approximate surface area is 136 Å². The van der Waals surface area contributed by atoms with Crippen LogP contribution < -0.4 is 0 Å². The van der Waals surface area contributed by atoms with E-state index in [9.17, 15) is 4.21 Å². The number of benzene rings is 1. The standard InChI is InChI=1S/C16H17N3OS2/c1-2-16-18-14(10-21-16)12-22(20)11-13-4-6-15(7-5-13)19-9-3-8-17-19/h3-10H,2,11-12H2,1H3/t22-/m1/s1. The Hall–Kier alpha value is -1.79. The van der Waals surface area contributed by atoms with Crippen LogP contribution in [0.1, 0.15) is 23.2 Å². The summed E-state index contributed by atoms with van der Waals surface area (Å²) in [5.74, 6) is 1.08. The predicted molar refractivity (Wildman–Crippen MR) is 90.6 cm³/mol. The lowest BCUT2D eigenvalue weighted by Crippen LogP contribution is -2.01. The third-order valence-corrected chi connectivity index (χ3v) is 5.56. The minimum Gasteiger partial charge on any atom is -0.259 e. The first-order chi connectivity index (χ1) is 10.7. The Morgan fingerprint density at radius 1 is 1.23 bits per heavy atom. The number of hydrogen-bond acceptors (Lipinski definition) is 4. The van der Waals surface area contributed by atoms with Crippen LogP contribution in [0.15, 0.2) is 48.1 Å². The molecule has 1 atom stereocenters. The van der Waals surface area contributed by atoms with Crippen molar-refractivity contribution in [3.8, 4) is 5.69 Å². The molecule has 0 spiro atoms. The van der Waals surface area contributed by atoms with E-state index in [2.05, 4.69) is 17.0 Å². The van der Waals surface area contributed by atoms with Crippen molar-refractivity contribution in [2.45, 2.75) is 24.9 Å². The minimum absolute atomic E-state index is 0.525. The monoisotopic (exact) mass is 331 g/mol. The van der Waals surface area contributed by atoms with E-state index >= 15 is 0 Å². The number of aromatic nitrogens is 3. The molecule has 2 heterocycles.